The molecule has 0 radical (unpaired) electrons. The normalized spacial score (nSPS) is 10.7. The van der Waals surface area contributed by atoms with E-state index in [1.54, 1.807) is 25.1 Å². The van der Waals surface area contributed by atoms with Gasteiger partial charge in [-0.1, -0.05) is 24.3 Å². The summed E-state index contributed by atoms with van der Waals surface area (Å²) in [6.45, 7) is 0.480. The van der Waals surface area contributed by atoms with Gasteiger partial charge in [0.1, 0.15) is 5.82 Å². The third kappa shape index (κ3) is 4.89. The van der Waals surface area contributed by atoms with Crippen molar-refractivity contribution in [1.82, 2.24) is 20.2 Å². The predicted octanol–water partition coefficient (Wildman–Crippen LogP) is 2.72. The Morgan fingerprint density at radius 3 is 2.63 bits per heavy atom. The van der Waals surface area contributed by atoms with Crippen LogP contribution in [0, 0.1) is 0 Å². The van der Waals surface area contributed by atoms with E-state index in [4.69, 9.17) is 0 Å². The molecule has 0 aliphatic heterocycles. The molecule has 3 aromatic rings. The molecule has 3 rings (SSSR count). The topological polar surface area (TPSA) is 78.1 Å². The van der Waals surface area contributed by atoms with Crippen LogP contribution in [0.4, 0.5) is 0 Å². The Hall–Kier alpha value is -2.80. The number of nitrogens with zero attached hydrogens (tertiary/aromatic N) is 2. The summed E-state index contributed by atoms with van der Waals surface area (Å²) in [5, 5.41) is 2.93. The molecular formula is C20H22N4O2S. The van der Waals surface area contributed by atoms with Gasteiger partial charge in [-0.2, -0.15) is 0 Å². The standard InChI is InChI=1S/C20H22N4O2S/c1-24(2)19(25)13-27-17-10-6-3-7-14(17)20(26)21-12-11-18-22-15-8-4-5-9-16(15)23-18/h3-10H,11-13H2,1-2H3,(H,21,26)(H,22,23). The van der Waals surface area contributed by atoms with E-state index in [0.717, 1.165) is 21.8 Å². The molecule has 0 aliphatic carbocycles. The van der Waals surface area contributed by atoms with Gasteiger partial charge < -0.3 is 15.2 Å². The van der Waals surface area contributed by atoms with Crippen LogP contribution in [0.2, 0.25) is 0 Å². The molecule has 2 aromatic carbocycles. The third-order valence-electron chi connectivity index (χ3n) is 4.07. The van der Waals surface area contributed by atoms with Crippen LogP contribution in [0.1, 0.15) is 16.2 Å². The summed E-state index contributed by atoms with van der Waals surface area (Å²) >= 11 is 1.37. The average Bonchev–Trinajstić information content (AvgIpc) is 3.08. The number of rotatable bonds is 7. The number of aromatic amines is 1. The highest BCUT2D eigenvalue weighted by molar-refractivity contribution is 8.00. The zero-order valence-electron chi connectivity index (χ0n) is 15.4. The molecule has 0 bridgehead atoms. The minimum atomic E-state index is -0.147. The van der Waals surface area contributed by atoms with Gasteiger partial charge in [-0.15, -0.1) is 11.8 Å². The Morgan fingerprint density at radius 2 is 1.85 bits per heavy atom. The lowest BCUT2D eigenvalue weighted by Crippen LogP contribution is -2.27. The maximum Gasteiger partial charge on any atom is 0.252 e. The molecule has 0 aliphatic rings. The summed E-state index contributed by atoms with van der Waals surface area (Å²) in [6.07, 6.45) is 0.620. The zero-order chi connectivity index (χ0) is 19.2. The molecule has 0 spiro atoms. The Kier molecular flexibility index (Phi) is 6.13. The lowest BCUT2D eigenvalue weighted by Gasteiger charge is -2.12. The number of nitrogens with one attached hydrogen (secondary N) is 2. The summed E-state index contributed by atoms with van der Waals surface area (Å²) in [5.41, 5.74) is 2.50. The highest BCUT2D eigenvalue weighted by atomic mass is 32.2. The van der Waals surface area contributed by atoms with Gasteiger partial charge in [-0.05, 0) is 24.3 Å². The number of H-pyrrole nitrogens is 1. The number of carbonyl (C=O) groups excluding carboxylic acids is 2. The van der Waals surface area contributed by atoms with Gasteiger partial charge in [-0.3, -0.25) is 9.59 Å². The first-order valence-corrected chi connectivity index (χ1v) is 9.67. The molecule has 2 amide bonds. The number of amides is 2. The van der Waals surface area contributed by atoms with Crippen molar-refractivity contribution in [2.24, 2.45) is 0 Å². The van der Waals surface area contributed by atoms with E-state index in [2.05, 4.69) is 15.3 Å². The summed E-state index contributed by atoms with van der Waals surface area (Å²) in [5.74, 6) is 1.01. The second-order valence-corrected chi connectivity index (χ2v) is 7.30. The number of hydrogen-bond donors (Lipinski definition) is 2. The predicted molar refractivity (Wildman–Crippen MR) is 108 cm³/mol. The minimum Gasteiger partial charge on any atom is -0.352 e. The smallest absolute Gasteiger partial charge is 0.252 e. The molecule has 0 saturated heterocycles. The molecule has 1 heterocycles. The molecule has 0 saturated carbocycles. The highest BCUT2D eigenvalue weighted by Gasteiger charge is 2.13. The Morgan fingerprint density at radius 1 is 1.11 bits per heavy atom. The van der Waals surface area contributed by atoms with E-state index in [1.165, 1.54) is 11.8 Å². The van der Waals surface area contributed by atoms with Gasteiger partial charge in [0.15, 0.2) is 0 Å². The number of fused-ring (bicyclic) bond motifs is 1. The van der Waals surface area contributed by atoms with Crippen molar-refractivity contribution in [2.75, 3.05) is 26.4 Å². The van der Waals surface area contributed by atoms with Gasteiger partial charge in [0.05, 0.1) is 22.3 Å². The van der Waals surface area contributed by atoms with E-state index in [9.17, 15) is 9.59 Å². The van der Waals surface area contributed by atoms with Crippen molar-refractivity contribution < 1.29 is 9.59 Å². The fourth-order valence-electron chi connectivity index (χ4n) is 2.56. The first-order valence-electron chi connectivity index (χ1n) is 8.68. The van der Waals surface area contributed by atoms with Crippen LogP contribution in [0.3, 0.4) is 0 Å². The van der Waals surface area contributed by atoms with E-state index in [0.29, 0.717) is 24.3 Å². The van der Waals surface area contributed by atoms with Crippen molar-refractivity contribution in [3.8, 4) is 0 Å². The summed E-state index contributed by atoms with van der Waals surface area (Å²) in [4.78, 5) is 34.5. The maximum atomic E-state index is 12.6. The quantitative estimate of drug-likeness (QED) is 0.616. The zero-order valence-corrected chi connectivity index (χ0v) is 16.2. The maximum absolute atomic E-state index is 12.6. The highest BCUT2D eigenvalue weighted by Crippen LogP contribution is 2.22. The number of carbonyl (C=O) groups is 2. The van der Waals surface area contributed by atoms with Gasteiger partial charge in [-0.25, -0.2) is 4.98 Å². The summed E-state index contributed by atoms with van der Waals surface area (Å²) in [6, 6.07) is 15.2. The van der Waals surface area contributed by atoms with Crippen LogP contribution in [0.25, 0.3) is 11.0 Å². The largest absolute Gasteiger partial charge is 0.352 e. The second kappa shape index (κ2) is 8.73. The van der Waals surface area contributed by atoms with Crippen molar-refractivity contribution >= 4 is 34.6 Å². The van der Waals surface area contributed by atoms with Crippen molar-refractivity contribution in [3.05, 3.63) is 59.9 Å². The van der Waals surface area contributed by atoms with E-state index in [1.807, 2.05) is 42.5 Å². The molecule has 140 valence electrons. The molecule has 7 heteroatoms. The van der Waals surface area contributed by atoms with E-state index < -0.39 is 0 Å². The SMILES string of the molecule is CN(C)C(=O)CSc1ccccc1C(=O)NCCc1nc2ccccc2[nH]1. The average molecular weight is 382 g/mol. The summed E-state index contributed by atoms with van der Waals surface area (Å²) < 4.78 is 0. The molecule has 2 N–H and O–H groups in total. The minimum absolute atomic E-state index is 0.0140. The number of imidazole rings is 1. The van der Waals surface area contributed by atoms with Crippen LogP contribution < -0.4 is 5.32 Å². The number of benzene rings is 2. The monoisotopic (exact) mass is 382 g/mol. The van der Waals surface area contributed by atoms with Crippen LogP contribution in [-0.2, 0) is 11.2 Å². The molecule has 1 aromatic heterocycles. The molecule has 0 atom stereocenters. The van der Waals surface area contributed by atoms with Crippen LogP contribution in [0.15, 0.2) is 53.4 Å². The van der Waals surface area contributed by atoms with Crippen LogP contribution in [-0.4, -0.2) is 53.1 Å². The summed E-state index contributed by atoms with van der Waals surface area (Å²) in [7, 11) is 3.44. The fourth-order valence-corrected chi connectivity index (χ4v) is 3.59. The molecule has 27 heavy (non-hydrogen) atoms. The molecule has 6 nitrogen and oxygen atoms in total. The van der Waals surface area contributed by atoms with Gasteiger partial charge in [0, 0.05) is 32.0 Å². The molecular weight excluding hydrogens is 360 g/mol. The van der Waals surface area contributed by atoms with Crippen molar-refractivity contribution in [3.63, 3.8) is 0 Å². The fraction of sp³-hybridized carbons (Fsp3) is 0.250. The lowest BCUT2D eigenvalue weighted by molar-refractivity contribution is -0.125. The Labute approximate surface area is 162 Å². The van der Waals surface area contributed by atoms with Gasteiger partial charge in [0.2, 0.25) is 5.91 Å². The molecule has 0 unspecified atom stereocenters. The van der Waals surface area contributed by atoms with Gasteiger partial charge in [0.25, 0.3) is 5.91 Å². The third-order valence-corrected chi connectivity index (χ3v) is 5.13. The first-order chi connectivity index (χ1) is 13.0. The lowest BCUT2D eigenvalue weighted by atomic mass is 10.2. The van der Waals surface area contributed by atoms with E-state index >= 15 is 0 Å². The number of para-hydroxylation sites is 2. The number of thioether (sulfide) groups is 1. The second-order valence-electron chi connectivity index (χ2n) is 6.28. The Balaban J connectivity index is 1.58. The van der Waals surface area contributed by atoms with Crippen molar-refractivity contribution in [2.45, 2.75) is 11.3 Å². The van der Waals surface area contributed by atoms with Gasteiger partial charge >= 0.3 is 0 Å². The number of hydrogen-bond acceptors (Lipinski definition) is 4. The van der Waals surface area contributed by atoms with Crippen molar-refractivity contribution in [1.29, 1.82) is 0 Å². The first kappa shape index (κ1) is 19.0. The Bertz CT molecular complexity index is 919. The number of aromatic nitrogens is 2. The molecule has 0 fully saturated rings. The van der Waals surface area contributed by atoms with Crippen LogP contribution in [0.5, 0.6) is 0 Å². The van der Waals surface area contributed by atoms with Crippen LogP contribution >= 0.6 is 11.8 Å². The van der Waals surface area contributed by atoms with E-state index in [-0.39, 0.29) is 11.8 Å².